The van der Waals surface area contributed by atoms with E-state index in [1.54, 1.807) is 0 Å². The predicted molar refractivity (Wildman–Crippen MR) is 88.3 cm³/mol. The SMILES string of the molecule is CCCC(C#Cc1ccccc1)(CCC)N1CCOCC1. The molecule has 1 aliphatic rings. The first-order chi connectivity index (χ1) is 10.3. The lowest BCUT2D eigenvalue weighted by Crippen LogP contribution is -2.52. The standard InChI is InChI=1S/C19H27NO/c1-3-11-19(12-4-2,20-14-16-21-17-15-20)13-10-18-8-6-5-7-9-18/h5-9H,3-4,11-12,14-17H2,1-2H3. The van der Waals surface area contributed by atoms with E-state index in [2.05, 4.69) is 54.9 Å². The number of hydrogen-bond donors (Lipinski definition) is 0. The average Bonchev–Trinajstić information content (AvgIpc) is 2.55. The molecule has 1 heterocycles. The molecule has 1 aromatic rings. The molecule has 0 unspecified atom stereocenters. The zero-order valence-corrected chi connectivity index (χ0v) is 13.4. The Kier molecular flexibility index (Phi) is 6.29. The summed E-state index contributed by atoms with van der Waals surface area (Å²) in [5.41, 5.74) is 1.13. The normalized spacial score (nSPS) is 16.3. The van der Waals surface area contributed by atoms with Crippen molar-refractivity contribution < 1.29 is 4.74 Å². The predicted octanol–water partition coefficient (Wildman–Crippen LogP) is 3.71. The molecular weight excluding hydrogens is 258 g/mol. The topological polar surface area (TPSA) is 12.5 Å². The van der Waals surface area contributed by atoms with Crippen molar-refractivity contribution in [3.63, 3.8) is 0 Å². The maximum atomic E-state index is 5.52. The minimum atomic E-state index is 0.0170. The van der Waals surface area contributed by atoms with Gasteiger partial charge in [-0.05, 0) is 25.0 Å². The Bertz CT molecular complexity index is 459. The fourth-order valence-electron chi connectivity index (χ4n) is 3.17. The van der Waals surface area contributed by atoms with Crippen molar-refractivity contribution in [3.8, 4) is 11.8 Å². The Morgan fingerprint density at radius 1 is 1.05 bits per heavy atom. The van der Waals surface area contributed by atoms with Gasteiger partial charge in [-0.25, -0.2) is 0 Å². The lowest BCUT2D eigenvalue weighted by molar-refractivity contribution is -0.00858. The molecule has 0 saturated carbocycles. The van der Waals surface area contributed by atoms with E-state index in [0.717, 1.165) is 44.7 Å². The summed E-state index contributed by atoms with van der Waals surface area (Å²) in [4.78, 5) is 2.56. The van der Waals surface area contributed by atoms with Crippen molar-refractivity contribution in [1.29, 1.82) is 0 Å². The molecule has 1 fully saturated rings. The van der Waals surface area contributed by atoms with Crippen LogP contribution in [-0.4, -0.2) is 36.7 Å². The summed E-state index contributed by atoms with van der Waals surface area (Å²) in [5, 5.41) is 0. The van der Waals surface area contributed by atoms with Gasteiger partial charge in [0.15, 0.2) is 0 Å². The molecule has 1 saturated heterocycles. The van der Waals surface area contributed by atoms with Crippen molar-refractivity contribution in [2.45, 2.75) is 45.1 Å². The van der Waals surface area contributed by atoms with Gasteiger partial charge in [0.2, 0.25) is 0 Å². The molecule has 0 amide bonds. The molecule has 2 heteroatoms. The molecule has 0 radical (unpaired) electrons. The Balaban J connectivity index is 2.27. The summed E-state index contributed by atoms with van der Waals surface area (Å²) in [6, 6.07) is 10.3. The maximum absolute atomic E-state index is 5.52. The third kappa shape index (κ3) is 4.33. The molecule has 1 aliphatic heterocycles. The van der Waals surface area contributed by atoms with Gasteiger partial charge in [0, 0.05) is 18.7 Å². The van der Waals surface area contributed by atoms with Crippen molar-refractivity contribution in [1.82, 2.24) is 4.90 Å². The number of benzene rings is 1. The van der Waals surface area contributed by atoms with E-state index in [1.807, 2.05) is 6.07 Å². The zero-order chi connectivity index (χ0) is 15.0. The van der Waals surface area contributed by atoms with Crippen LogP contribution in [-0.2, 0) is 4.74 Å². The summed E-state index contributed by atoms with van der Waals surface area (Å²) >= 11 is 0. The Morgan fingerprint density at radius 3 is 2.24 bits per heavy atom. The van der Waals surface area contributed by atoms with Crippen LogP contribution in [0.25, 0.3) is 0 Å². The molecule has 2 nitrogen and oxygen atoms in total. The van der Waals surface area contributed by atoms with Crippen molar-refractivity contribution >= 4 is 0 Å². The van der Waals surface area contributed by atoms with E-state index in [0.29, 0.717) is 0 Å². The lowest BCUT2D eigenvalue weighted by Gasteiger charge is -2.42. The van der Waals surface area contributed by atoms with Gasteiger partial charge in [-0.15, -0.1) is 0 Å². The van der Waals surface area contributed by atoms with Crippen LogP contribution in [0.1, 0.15) is 45.1 Å². The maximum Gasteiger partial charge on any atom is 0.0830 e. The summed E-state index contributed by atoms with van der Waals surface area (Å²) in [5.74, 6) is 7.06. The second-order valence-corrected chi connectivity index (χ2v) is 5.75. The summed E-state index contributed by atoms with van der Waals surface area (Å²) in [6.45, 7) is 8.20. The minimum Gasteiger partial charge on any atom is -0.379 e. The van der Waals surface area contributed by atoms with Crippen LogP contribution in [0.3, 0.4) is 0 Å². The Morgan fingerprint density at radius 2 is 1.67 bits per heavy atom. The highest BCUT2D eigenvalue weighted by Gasteiger charge is 2.34. The lowest BCUT2D eigenvalue weighted by atomic mass is 9.86. The fourth-order valence-corrected chi connectivity index (χ4v) is 3.17. The molecule has 21 heavy (non-hydrogen) atoms. The number of morpholine rings is 1. The first-order valence-corrected chi connectivity index (χ1v) is 8.22. The molecule has 1 aromatic carbocycles. The second-order valence-electron chi connectivity index (χ2n) is 5.75. The van der Waals surface area contributed by atoms with E-state index >= 15 is 0 Å². The summed E-state index contributed by atoms with van der Waals surface area (Å²) in [7, 11) is 0. The van der Waals surface area contributed by atoms with Crippen molar-refractivity contribution in [3.05, 3.63) is 35.9 Å². The van der Waals surface area contributed by atoms with E-state index in [4.69, 9.17) is 4.74 Å². The first-order valence-electron chi connectivity index (χ1n) is 8.22. The number of ether oxygens (including phenoxy) is 1. The van der Waals surface area contributed by atoms with Crippen LogP contribution in [0.4, 0.5) is 0 Å². The molecule has 0 aromatic heterocycles. The second kappa shape index (κ2) is 8.22. The van der Waals surface area contributed by atoms with Gasteiger partial charge >= 0.3 is 0 Å². The molecule has 0 atom stereocenters. The minimum absolute atomic E-state index is 0.0170. The third-order valence-electron chi connectivity index (χ3n) is 4.16. The molecule has 114 valence electrons. The molecule has 2 rings (SSSR count). The monoisotopic (exact) mass is 285 g/mol. The van der Waals surface area contributed by atoms with Crippen LogP contribution in [0.5, 0.6) is 0 Å². The zero-order valence-electron chi connectivity index (χ0n) is 13.4. The quantitative estimate of drug-likeness (QED) is 0.765. The van der Waals surface area contributed by atoms with Crippen molar-refractivity contribution in [2.24, 2.45) is 0 Å². The van der Waals surface area contributed by atoms with E-state index in [-0.39, 0.29) is 5.54 Å². The van der Waals surface area contributed by atoms with Gasteiger partial charge in [0.1, 0.15) is 0 Å². The molecule has 0 N–H and O–H groups in total. The van der Waals surface area contributed by atoms with Gasteiger partial charge in [-0.3, -0.25) is 4.90 Å². The third-order valence-corrected chi connectivity index (χ3v) is 4.16. The first kappa shape index (κ1) is 16.1. The molecule has 0 aliphatic carbocycles. The average molecular weight is 285 g/mol. The number of nitrogens with zero attached hydrogens (tertiary/aromatic N) is 1. The highest BCUT2D eigenvalue weighted by molar-refractivity contribution is 5.37. The van der Waals surface area contributed by atoms with Gasteiger partial charge in [0.25, 0.3) is 0 Å². The molecule has 0 spiro atoms. The van der Waals surface area contributed by atoms with Crippen molar-refractivity contribution in [2.75, 3.05) is 26.3 Å². The number of hydrogen-bond acceptors (Lipinski definition) is 2. The molecule has 0 bridgehead atoms. The highest BCUT2D eigenvalue weighted by Crippen LogP contribution is 2.28. The van der Waals surface area contributed by atoms with E-state index in [9.17, 15) is 0 Å². The van der Waals surface area contributed by atoms with Gasteiger partial charge in [-0.2, -0.15) is 0 Å². The largest absolute Gasteiger partial charge is 0.379 e. The van der Waals surface area contributed by atoms with E-state index in [1.165, 1.54) is 12.8 Å². The van der Waals surface area contributed by atoms with Crippen LogP contribution >= 0.6 is 0 Å². The Hall–Kier alpha value is -1.30. The van der Waals surface area contributed by atoms with Gasteiger partial charge in [-0.1, -0.05) is 56.7 Å². The number of rotatable bonds is 5. The summed E-state index contributed by atoms with van der Waals surface area (Å²) in [6.07, 6.45) is 4.61. The summed E-state index contributed by atoms with van der Waals surface area (Å²) < 4.78 is 5.52. The van der Waals surface area contributed by atoms with Crippen LogP contribution in [0, 0.1) is 11.8 Å². The van der Waals surface area contributed by atoms with Gasteiger partial charge in [0.05, 0.1) is 18.8 Å². The Labute approximate surface area is 129 Å². The smallest absolute Gasteiger partial charge is 0.0830 e. The van der Waals surface area contributed by atoms with Crippen LogP contribution in [0.2, 0.25) is 0 Å². The fraction of sp³-hybridized carbons (Fsp3) is 0.579. The molecular formula is C19H27NO. The van der Waals surface area contributed by atoms with Crippen LogP contribution in [0.15, 0.2) is 30.3 Å². The van der Waals surface area contributed by atoms with Crippen LogP contribution < -0.4 is 0 Å². The van der Waals surface area contributed by atoms with Gasteiger partial charge < -0.3 is 4.74 Å². The highest BCUT2D eigenvalue weighted by atomic mass is 16.5. The van der Waals surface area contributed by atoms with E-state index < -0.39 is 0 Å².